The minimum Gasteiger partial charge on any atom is -0.466 e. The zero-order chi connectivity index (χ0) is 11.4. The van der Waals surface area contributed by atoms with Crippen LogP contribution >= 0.6 is 0 Å². The summed E-state index contributed by atoms with van der Waals surface area (Å²) in [4.78, 5) is 10.6. The fraction of sp³-hybridized carbons (Fsp3) is 0.100. The SMILES string of the molecule is COC(=O)/C=C/c1c(F)ccc(F)c1F. The van der Waals surface area contributed by atoms with Crippen LogP contribution in [-0.4, -0.2) is 13.1 Å². The van der Waals surface area contributed by atoms with Gasteiger partial charge in [0, 0.05) is 11.6 Å². The molecular weight excluding hydrogens is 209 g/mol. The molecule has 0 aliphatic rings. The maximum absolute atomic E-state index is 13.0. The lowest BCUT2D eigenvalue weighted by Crippen LogP contribution is -1.96. The molecule has 0 amide bonds. The van der Waals surface area contributed by atoms with Gasteiger partial charge in [-0.3, -0.25) is 0 Å². The molecular formula is C10H7F3O2. The molecule has 2 nitrogen and oxygen atoms in total. The van der Waals surface area contributed by atoms with E-state index in [1.807, 2.05) is 0 Å². The molecule has 0 unspecified atom stereocenters. The van der Waals surface area contributed by atoms with Gasteiger partial charge < -0.3 is 4.74 Å². The molecule has 1 aromatic rings. The van der Waals surface area contributed by atoms with E-state index in [9.17, 15) is 18.0 Å². The zero-order valence-electron chi connectivity index (χ0n) is 7.76. The topological polar surface area (TPSA) is 26.3 Å². The van der Waals surface area contributed by atoms with E-state index in [1.54, 1.807) is 0 Å². The molecule has 0 radical (unpaired) electrons. The second-order valence-electron chi connectivity index (χ2n) is 2.61. The van der Waals surface area contributed by atoms with E-state index in [0.29, 0.717) is 6.07 Å². The van der Waals surface area contributed by atoms with Gasteiger partial charge >= 0.3 is 5.97 Å². The van der Waals surface area contributed by atoms with Crippen molar-refractivity contribution in [2.24, 2.45) is 0 Å². The van der Waals surface area contributed by atoms with Crippen molar-refractivity contribution >= 4 is 12.0 Å². The van der Waals surface area contributed by atoms with Gasteiger partial charge in [-0.05, 0) is 18.2 Å². The fourth-order valence-corrected chi connectivity index (χ4v) is 0.915. The van der Waals surface area contributed by atoms with Crippen LogP contribution in [0.2, 0.25) is 0 Å². The quantitative estimate of drug-likeness (QED) is 0.430. The number of esters is 1. The van der Waals surface area contributed by atoms with Crippen LogP contribution in [0.3, 0.4) is 0 Å². The minimum atomic E-state index is -1.34. The summed E-state index contributed by atoms with van der Waals surface area (Å²) in [6.07, 6.45) is 1.63. The van der Waals surface area contributed by atoms with E-state index >= 15 is 0 Å². The number of methoxy groups -OCH3 is 1. The molecule has 0 bridgehead atoms. The molecule has 0 aliphatic carbocycles. The molecule has 0 fully saturated rings. The number of carbonyl (C=O) groups excluding carboxylic acids is 1. The molecule has 0 aromatic heterocycles. The first-order valence-electron chi connectivity index (χ1n) is 3.95. The molecule has 0 saturated carbocycles. The van der Waals surface area contributed by atoms with Crippen molar-refractivity contribution in [2.45, 2.75) is 0 Å². The number of rotatable bonds is 2. The lowest BCUT2D eigenvalue weighted by atomic mass is 10.2. The van der Waals surface area contributed by atoms with Crippen LogP contribution in [0, 0.1) is 17.5 Å². The Bertz CT molecular complexity index is 413. The van der Waals surface area contributed by atoms with Crippen molar-refractivity contribution in [3.05, 3.63) is 41.2 Å². The van der Waals surface area contributed by atoms with Crippen molar-refractivity contribution in [3.63, 3.8) is 0 Å². The summed E-state index contributed by atoms with van der Waals surface area (Å²) in [7, 11) is 1.12. The lowest BCUT2D eigenvalue weighted by Gasteiger charge is -1.99. The summed E-state index contributed by atoms with van der Waals surface area (Å²) in [5.74, 6) is -4.25. The first-order chi connectivity index (χ1) is 7.06. The third-order valence-electron chi connectivity index (χ3n) is 1.67. The van der Waals surface area contributed by atoms with Crippen LogP contribution in [0.15, 0.2) is 18.2 Å². The second kappa shape index (κ2) is 4.63. The first kappa shape index (κ1) is 11.3. The third kappa shape index (κ3) is 2.59. The number of hydrogen-bond donors (Lipinski definition) is 0. The summed E-state index contributed by atoms with van der Waals surface area (Å²) in [5, 5.41) is 0. The van der Waals surface area contributed by atoms with Gasteiger partial charge in [-0.1, -0.05) is 0 Å². The Labute approximate surface area is 84.0 Å². The minimum absolute atomic E-state index is 0.611. The van der Waals surface area contributed by atoms with Crippen molar-refractivity contribution in [3.8, 4) is 0 Å². The van der Waals surface area contributed by atoms with E-state index < -0.39 is 29.0 Å². The van der Waals surface area contributed by atoms with Crippen molar-refractivity contribution in [1.82, 2.24) is 0 Å². The van der Waals surface area contributed by atoms with Crippen LogP contribution in [0.5, 0.6) is 0 Å². The van der Waals surface area contributed by atoms with Crippen LogP contribution in [0.4, 0.5) is 13.2 Å². The molecule has 1 aromatic carbocycles. The van der Waals surface area contributed by atoms with Crippen LogP contribution < -0.4 is 0 Å². The van der Waals surface area contributed by atoms with Gasteiger partial charge in [0.2, 0.25) is 0 Å². The summed E-state index contributed by atoms with van der Waals surface area (Å²) >= 11 is 0. The van der Waals surface area contributed by atoms with E-state index in [0.717, 1.165) is 25.3 Å². The van der Waals surface area contributed by atoms with Gasteiger partial charge in [-0.2, -0.15) is 0 Å². The maximum Gasteiger partial charge on any atom is 0.330 e. The highest BCUT2D eigenvalue weighted by Crippen LogP contribution is 2.17. The molecule has 0 aliphatic heterocycles. The molecule has 5 heteroatoms. The molecule has 0 spiro atoms. The Kier molecular flexibility index (Phi) is 3.49. The van der Waals surface area contributed by atoms with E-state index in [2.05, 4.69) is 4.74 Å². The van der Waals surface area contributed by atoms with Gasteiger partial charge in [-0.25, -0.2) is 18.0 Å². The highest BCUT2D eigenvalue weighted by atomic mass is 19.2. The molecule has 15 heavy (non-hydrogen) atoms. The van der Waals surface area contributed by atoms with E-state index in [1.165, 1.54) is 0 Å². The normalized spacial score (nSPS) is 10.7. The maximum atomic E-state index is 13.0. The first-order valence-corrected chi connectivity index (χ1v) is 3.95. The smallest absolute Gasteiger partial charge is 0.330 e. The third-order valence-corrected chi connectivity index (χ3v) is 1.67. The Balaban J connectivity index is 3.09. The van der Waals surface area contributed by atoms with Crippen LogP contribution in [-0.2, 0) is 9.53 Å². The molecule has 0 atom stereocenters. The largest absolute Gasteiger partial charge is 0.466 e. The van der Waals surface area contributed by atoms with E-state index in [4.69, 9.17) is 0 Å². The Morgan fingerprint density at radius 2 is 1.87 bits per heavy atom. The van der Waals surface area contributed by atoms with Gasteiger partial charge in [0.25, 0.3) is 0 Å². The molecule has 1 rings (SSSR count). The average Bonchev–Trinajstić information content (AvgIpc) is 2.23. The fourth-order valence-electron chi connectivity index (χ4n) is 0.915. The predicted molar refractivity (Wildman–Crippen MR) is 47.4 cm³/mol. The summed E-state index contributed by atoms with van der Waals surface area (Å²) in [5.41, 5.74) is -0.611. The Hall–Kier alpha value is -1.78. The zero-order valence-corrected chi connectivity index (χ0v) is 7.76. The van der Waals surface area contributed by atoms with Crippen molar-refractivity contribution < 1.29 is 22.7 Å². The summed E-state index contributed by atoms with van der Waals surface area (Å²) in [6, 6.07) is 1.44. The summed E-state index contributed by atoms with van der Waals surface area (Å²) in [6.45, 7) is 0. The highest BCUT2D eigenvalue weighted by Gasteiger charge is 2.11. The van der Waals surface area contributed by atoms with E-state index in [-0.39, 0.29) is 0 Å². The second-order valence-corrected chi connectivity index (χ2v) is 2.61. The van der Waals surface area contributed by atoms with Crippen LogP contribution in [0.25, 0.3) is 6.08 Å². The average molecular weight is 216 g/mol. The Morgan fingerprint density at radius 1 is 1.27 bits per heavy atom. The number of halogens is 3. The van der Waals surface area contributed by atoms with Gasteiger partial charge in [-0.15, -0.1) is 0 Å². The summed E-state index contributed by atoms with van der Waals surface area (Å²) < 4.78 is 42.9. The standard InChI is InChI=1S/C10H7F3O2/c1-15-9(14)5-2-6-7(11)3-4-8(12)10(6)13/h2-5H,1H3/b5-2+. The van der Waals surface area contributed by atoms with Crippen molar-refractivity contribution in [2.75, 3.05) is 7.11 Å². The monoisotopic (exact) mass is 216 g/mol. The number of carbonyl (C=O) groups is 1. The molecule has 0 saturated heterocycles. The Morgan fingerprint density at radius 3 is 2.47 bits per heavy atom. The van der Waals surface area contributed by atoms with Crippen molar-refractivity contribution in [1.29, 1.82) is 0 Å². The molecule has 80 valence electrons. The lowest BCUT2D eigenvalue weighted by molar-refractivity contribution is -0.134. The molecule has 0 N–H and O–H groups in total. The number of hydrogen-bond acceptors (Lipinski definition) is 2. The van der Waals surface area contributed by atoms with Gasteiger partial charge in [0.05, 0.1) is 7.11 Å². The highest BCUT2D eigenvalue weighted by molar-refractivity contribution is 5.86. The van der Waals surface area contributed by atoms with Gasteiger partial charge in [0.1, 0.15) is 5.82 Å². The van der Waals surface area contributed by atoms with Gasteiger partial charge in [0.15, 0.2) is 11.6 Å². The molecule has 0 heterocycles. The number of ether oxygens (including phenoxy) is 1. The predicted octanol–water partition coefficient (Wildman–Crippen LogP) is 2.29. The number of benzene rings is 1. The van der Waals surface area contributed by atoms with Crippen LogP contribution in [0.1, 0.15) is 5.56 Å².